The Labute approximate surface area is 364 Å². The second kappa shape index (κ2) is 17.7. The number of aryl methyl sites for hydroxylation is 1. The smallest absolute Gasteiger partial charge is 0.408 e. The van der Waals surface area contributed by atoms with Gasteiger partial charge in [-0.2, -0.15) is 0 Å². The summed E-state index contributed by atoms with van der Waals surface area (Å²) in [4.78, 5) is 70.1. The van der Waals surface area contributed by atoms with Crippen molar-refractivity contribution in [3.63, 3.8) is 0 Å². The number of thiazole rings is 2. The third-order valence-corrected chi connectivity index (χ3v) is 15.7. The number of ether oxygens (including phenoxy) is 3. The van der Waals surface area contributed by atoms with Gasteiger partial charge >= 0.3 is 6.09 Å². The van der Waals surface area contributed by atoms with Gasteiger partial charge in [-0.3, -0.25) is 14.2 Å². The van der Waals surface area contributed by atoms with Crippen LogP contribution in [0.5, 0.6) is 11.5 Å². The van der Waals surface area contributed by atoms with Crippen molar-refractivity contribution in [3.05, 3.63) is 58.4 Å². The Morgan fingerprint density at radius 1 is 1.08 bits per heavy atom. The first-order valence-corrected chi connectivity index (χ1v) is 24.3. The van der Waals surface area contributed by atoms with Gasteiger partial charge in [0.1, 0.15) is 46.8 Å². The van der Waals surface area contributed by atoms with Crippen LogP contribution in [0.2, 0.25) is 0 Å². The lowest BCUT2D eigenvalue weighted by atomic mass is 9.85. The largest absolute Gasteiger partial charge is 0.497 e. The predicted molar refractivity (Wildman–Crippen MR) is 237 cm³/mol. The summed E-state index contributed by atoms with van der Waals surface area (Å²) in [7, 11) is -2.54. The number of pyridine rings is 1. The maximum atomic E-state index is 14.9. The topological polar surface area (TPSA) is 194 Å². The number of hydrogen-bond acceptors (Lipinski definition) is 13. The van der Waals surface area contributed by atoms with Gasteiger partial charge < -0.3 is 40.0 Å². The van der Waals surface area contributed by atoms with E-state index in [9.17, 15) is 23.8 Å². The number of aromatic nitrogens is 3. The third kappa shape index (κ3) is 9.74. The first-order valence-electron chi connectivity index (χ1n) is 20.7. The summed E-state index contributed by atoms with van der Waals surface area (Å²) in [5.74, 6) is -0.522. The molecule has 0 bridgehead atoms. The molecule has 4 heterocycles. The van der Waals surface area contributed by atoms with Gasteiger partial charge in [0.15, 0.2) is 5.13 Å². The lowest BCUT2D eigenvalue weighted by Crippen LogP contribution is -2.58. The maximum Gasteiger partial charge on any atom is 0.408 e. The molecule has 3 aromatic heterocycles. The molecule has 1 aliphatic heterocycles. The number of nitrogens with zero attached hydrogens (tertiary/aromatic N) is 4. The quantitative estimate of drug-likeness (QED) is 0.0668. The minimum absolute atomic E-state index is 0.0237. The van der Waals surface area contributed by atoms with Crippen LogP contribution >= 0.6 is 30.0 Å². The van der Waals surface area contributed by atoms with Gasteiger partial charge in [0.05, 0.1) is 41.7 Å². The minimum Gasteiger partial charge on any atom is -0.497 e. The zero-order chi connectivity index (χ0) is 43.9. The van der Waals surface area contributed by atoms with E-state index in [0.29, 0.717) is 39.5 Å². The molecule has 1 aromatic carbocycles. The summed E-state index contributed by atoms with van der Waals surface area (Å²) in [5, 5.41) is 13.5. The van der Waals surface area contributed by atoms with Crippen LogP contribution < -0.4 is 25.4 Å². The van der Waals surface area contributed by atoms with E-state index in [1.165, 1.54) is 27.6 Å². The second-order valence-corrected chi connectivity index (χ2v) is 22.1. The van der Waals surface area contributed by atoms with Crippen molar-refractivity contribution < 1.29 is 38.1 Å². The fourth-order valence-corrected chi connectivity index (χ4v) is 12.1. The SMILES string of the molecule is C=C[C@@H]1C[C@]1(NC(=O)[C@@H]1C[C@@H](Oc2cc(-c3csc(NC(C)C)n3)nc3cc(OC)ccc23)CN1C(=O)[C@@H](NC(=O)OC1CCCC1)C(C)(C)C)P(=O)(O)Cc1csc(C)n1. The number of hydrogen-bond donors (Lipinski definition) is 4. The number of nitrogens with one attached hydrogen (secondary N) is 3. The van der Waals surface area contributed by atoms with Crippen molar-refractivity contribution in [2.45, 2.75) is 122 Å². The van der Waals surface area contributed by atoms with Crippen LogP contribution in [0.3, 0.4) is 0 Å². The highest BCUT2D eigenvalue weighted by atomic mass is 32.1. The summed E-state index contributed by atoms with van der Waals surface area (Å²) >= 11 is 2.84. The van der Waals surface area contributed by atoms with Crippen LogP contribution in [-0.4, -0.2) is 91.9 Å². The van der Waals surface area contributed by atoms with Crippen LogP contribution in [0.4, 0.5) is 9.93 Å². The highest BCUT2D eigenvalue weighted by Gasteiger charge is 2.66. The number of benzene rings is 1. The number of rotatable bonds is 15. The molecule has 3 fully saturated rings. The average Bonchev–Trinajstić information content (AvgIpc) is 3.76. The normalized spacial score (nSPS) is 23.0. The number of likely N-dealkylation sites (tertiary alicyclic amines) is 1. The monoisotopic (exact) mass is 893 g/mol. The Balaban J connectivity index is 1.22. The molecule has 4 N–H and O–H groups in total. The van der Waals surface area contributed by atoms with E-state index < -0.39 is 60.1 Å². The molecule has 328 valence electrons. The molecule has 1 saturated heterocycles. The number of fused-ring (bicyclic) bond motifs is 1. The Morgan fingerprint density at radius 2 is 1.84 bits per heavy atom. The molecule has 1 unspecified atom stereocenters. The van der Waals surface area contributed by atoms with Crippen molar-refractivity contribution in [1.29, 1.82) is 0 Å². The van der Waals surface area contributed by atoms with E-state index in [-0.39, 0.29) is 37.7 Å². The van der Waals surface area contributed by atoms with Crippen LogP contribution in [0.15, 0.2) is 47.7 Å². The molecular formula is C43H56N7O8PS2. The molecule has 6 atom stereocenters. The van der Waals surface area contributed by atoms with E-state index in [1.807, 2.05) is 59.1 Å². The van der Waals surface area contributed by atoms with Crippen molar-refractivity contribution in [2.75, 3.05) is 19.0 Å². The van der Waals surface area contributed by atoms with E-state index in [0.717, 1.165) is 35.8 Å². The zero-order valence-corrected chi connectivity index (χ0v) is 38.3. The van der Waals surface area contributed by atoms with E-state index >= 15 is 0 Å². The standard InChI is InChI=1S/C43H56N7O8PS2/c1-9-26-19-43(26,59(54,55)21-27-22-60-25(4)45-27)49-38(51)35-17-30(20-50(35)39(52)37(42(5,6)7)48-41(53)58-28-12-10-11-13-28)57-36-18-33(34-23-61-40(47-34)44-24(2)3)46-32-16-29(56-8)14-15-31(32)36/h9,14-16,18,22-24,26,28,30,35,37H,1,10-13,17,19-21H2,2-8H3,(H,44,47)(H,48,53)(H,49,51)(H,54,55)/t26-,30-,35+,37-,43+/m1/s1. The number of methoxy groups -OCH3 is 1. The second-order valence-electron chi connectivity index (χ2n) is 17.6. The summed E-state index contributed by atoms with van der Waals surface area (Å²) < 4.78 is 32.3. The molecule has 0 radical (unpaired) electrons. The average molecular weight is 894 g/mol. The van der Waals surface area contributed by atoms with Crippen molar-refractivity contribution >= 4 is 64.0 Å². The molecular weight excluding hydrogens is 838 g/mol. The van der Waals surface area contributed by atoms with Gasteiger partial charge in [-0.15, -0.1) is 29.3 Å². The Morgan fingerprint density at radius 3 is 2.48 bits per heavy atom. The molecule has 7 rings (SSSR count). The molecule has 3 amide bonds. The van der Waals surface area contributed by atoms with E-state index in [2.05, 4.69) is 27.5 Å². The number of carbonyl (C=O) groups excluding carboxylic acids is 3. The van der Waals surface area contributed by atoms with Crippen molar-refractivity contribution in [1.82, 2.24) is 30.5 Å². The van der Waals surface area contributed by atoms with E-state index in [1.54, 1.807) is 30.7 Å². The first kappa shape index (κ1) is 44.5. The summed E-state index contributed by atoms with van der Waals surface area (Å²) in [5.41, 5.74) is 1.46. The highest BCUT2D eigenvalue weighted by molar-refractivity contribution is 7.59. The van der Waals surface area contributed by atoms with Gasteiger partial charge in [-0.1, -0.05) is 26.8 Å². The summed E-state index contributed by atoms with van der Waals surface area (Å²) in [6.45, 7) is 15.3. The van der Waals surface area contributed by atoms with E-state index in [4.69, 9.17) is 24.2 Å². The van der Waals surface area contributed by atoms with Crippen LogP contribution in [-0.2, 0) is 25.1 Å². The molecule has 18 heteroatoms. The predicted octanol–water partition coefficient (Wildman–Crippen LogP) is 7.87. The number of anilines is 1. The van der Waals surface area contributed by atoms with Crippen LogP contribution in [0.25, 0.3) is 22.3 Å². The van der Waals surface area contributed by atoms with Crippen molar-refractivity contribution in [2.24, 2.45) is 11.3 Å². The minimum atomic E-state index is -4.12. The summed E-state index contributed by atoms with van der Waals surface area (Å²) in [6, 6.07) is 5.23. The molecule has 61 heavy (non-hydrogen) atoms. The Kier molecular flexibility index (Phi) is 12.9. The molecule has 15 nitrogen and oxygen atoms in total. The van der Waals surface area contributed by atoms with Crippen molar-refractivity contribution in [3.8, 4) is 22.9 Å². The van der Waals surface area contributed by atoms with Gasteiger partial charge in [-0.05, 0) is 70.4 Å². The first-order chi connectivity index (χ1) is 28.9. The van der Waals surface area contributed by atoms with Crippen LogP contribution in [0.1, 0.15) is 83.8 Å². The number of alkyl carbamates (subject to hydrolysis) is 1. The van der Waals surface area contributed by atoms with Crippen LogP contribution in [0, 0.1) is 18.3 Å². The number of carbonyl (C=O) groups is 3. The number of amides is 3. The Hall–Kier alpha value is -4.57. The fraction of sp³-hybridized carbons (Fsp3) is 0.535. The highest BCUT2D eigenvalue weighted by Crippen LogP contribution is 2.70. The zero-order valence-electron chi connectivity index (χ0n) is 35.7. The maximum absolute atomic E-state index is 14.9. The lowest BCUT2D eigenvalue weighted by Gasteiger charge is -2.36. The third-order valence-electron chi connectivity index (χ3n) is 11.5. The molecule has 2 aliphatic carbocycles. The lowest BCUT2D eigenvalue weighted by molar-refractivity contribution is -0.142. The van der Waals surface area contributed by atoms with Gasteiger partial charge in [0.25, 0.3) is 0 Å². The molecule has 0 spiro atoms. The van der Waals surface area contributed by atoms with Gasteiger partial charge in [0, 0.05) is 46.7 Å². The molecule has 2 saturated carbocycles. The molecule has 4 aromatic rings. The molecule has 3 aliphatic rings. The fourth-order valence-electron chi connectivity index (χ4n) is 8.24. The van der Waals surface area contributed by atoms with Gasteiger partial charge in [-0.25, -0.2) is 19.7 Å². The Bertz CT molecular complexity index is 2340. The van der Waals surface area contributed by atoms with Gasteiger partial charge in [0.2, 0.25) is 19.2 Å². The summed E-state index contributed by atoms with van der Waals surface area (Å²) in [6.07, 6.45) is 3.42.